The van der Waals surface area contributed by atoms with E-state index in [1.165, 1.54) is 12.8 Å². The van der Waals surface area contributed by atoms with E-state index in [2.05, 4.69) is 23.4 Å². The van der Waals surface area contributed by atoms with E-state index in [9.17, 15) is 0 Å². The molecule has 1 aromatic heterocycles. The van der Waals surface area contributed by atoms with Crippen molar-refractivity contribution in [2.24, 2.45) is 5.92 Å². The quantitative estimate of drug-likeness (QED) is 0.720. The smallest absolute Gasteiger partial charge is 0.243 e. The molecule has 4 nitrogen and oxygen atoms in total. The highest BCUT2D eigenvalue weighted by molar-refractivity contribution is 4.91. The summed E-state index contributed by atoms with van der Waals surface area (Å²) in [4.78, 5) is 4.01. The van der Waals surface area contributed by atoms with Crippen LogP contribution in [0.2, 0.25) is 0 Å². The molecule has 1 radical (unpaired) electrons. The number of nitrogens with zero attached hydrogens (tertiary/aromatic N) is 2. The molecule has 0 aromatic carbocycles. The molecule has 16 heavy (non-hydrogen) atoms. The Balaban J connectivity index is 1.70. The van der Waals surface area contributed by atoms with E-state index in [0.29, 0.717) is 5.92 Å². The monoisotopic (exact) mass is 223 g/mol. The van der Waals surface area contributed by atoms with E-state index < -0.39 is 0 Å². The second-order valence-electron chi connectivity index (χ2n) is 4.53. The number of rotatable bonds is 5. The summed E-state index contributed by atoms with van der Waals surface area (Å²) < 4.78 is 10.6. The SMILES string of the molecule is CCCOCC1CCC(c2n[c]no2)CC1. The molecule has 1 heterocycles. The standard InChI is InChI=1S/C12H19N2O2/c1-2-7-15-8-10-3-5-11(6-4-10)12-13-9-14-16-12/h10-11H,2-8H2,1H3. The van der Waals surface area contributed by atoms with Gasteiger partial charge >= 0.3 is 0 Å². The van der Waals surface area contributed by atoms with Crippen molar-refractivity contribution in [1.29, 1.82) is 0 Å². The van der Waals surface area contributed by atoms with Gasteiger partial charge in [-0.15, -0.1) is 0 Å². The van der Waals surface area contributed by atoms with Crippen LogP contribution in [0.4, 0.5) is 0 Å². The van der Waals surface area contributed by atoms with Crippen LogP contribution >= 0.6 is 0 Å². The van der Waals surface area contributed by atoms with Crippen molar-refractivity contribution in [3.63, 3.8) is 0 Å². The zero-order valence-corrected chi connectivity index (χ0v) is 9.82. The first-order chi connectivity index (χ1) is 7.90. The van der Waals surface area contributed by atoms with Crippen LogP contribution in [0.5, 0.6) is 0 Å². The molecule has 1 saturated carbocycles. The normalized spacial score (nSPS) is 25.8. The second-order valence-corrected chi connectivity index (χ2v) is 4.53. The molecule has 0 aliphatic heterocycles. The molecule has 4 heteroatoms. The lowest BCUT2D eigenvalue weighted by molar-refractivity contribution is 0.0813. The summed E-state index contributed by atoms with van der Waals surface area (Å²) in [7, 11) is 0. The Bertz CT molecular complexity index is 279. The highest BCUT2D eigenvalue weighted by Crippen LogP contribution is 2.34. The minimum atomic E-state index is 0.446. The third kappa shape index (κ3) is 3.04. The van der Waals surface area contributed by atoms with Crippen LogP contribution in [-0.2, 0) is 4.74 Å². The first-order valence-electron chi connectivity index (χ1n) is 6.17. The largest absolute Gasteiger partial charge is 0.381 e. The van der Waals surface area contributed by atoms with Gasteiger partial charge in [-0.25, -0.2) is 0 Å². The number of hydrogen-bond acceptors (Lipinski definition) is 4. The molecule has 0 N–H and O–H groups in total. The number of hydrogen-bond donors (Lipinski definition) is 0. The zero-order valence-electron chi connectivity index (χ0n) is 9.82. The van der Waals surface area contributed by atoms with Crippen molar-refractivity contribution in [1.82, 2.24) is 10.1 Å². The molecule has 0 saturated heterocycles. The van der Waals surface area contributed by atoms with E-state index in [4.69, 9.17) is 9.26 Å². The number of ether oxygens (including phenoxy) is 1. The van der Waals surface area contributed by atoms with Crippen LogP contribution in [-0.4, -0.2) is 23.4 Å². The summed E-state index contributed by atoms with van der Waals surface area (Å²) in [6, 6.07) is 0. The van der Waals surface area contributed by atoms with Crippen LogP contribution < -0.4 is 0 Å². The van der Waals surface area contributed by atoms with Crippen LogP contribution in [0.1, 0.15) is 50.8 Å². The first kappa shape index (κ1) is 11.6. The molecule has 1 fully saturated rings. The van der Waals surface area contributed by atoms with Gasteiger partial charge in [-0.1, -0.05) is 12.1 Å². The fraction of sp³-hybridized carbons (Fsp3) is 0.833. The van der Waals surface area contributed by atoms with Gasteiger partial charge in [0.15, 0.2) is 0 Å². The van der Waals surface area contributed by atoms with Crippen LogP contribution in [0.25, 0.3) is 0 Å². The van der Waals surface area contributed by atoms with E-state index in [0.717, 1.165) is 44.3 Å². The Morgan fingerprint density at radius 3 is 2.81 bits per heavy atom. The zero-order chi connectivity index (χ0) is 11.2. The lowest BCUT2D eigenvalue weighted by atomic mass is 9.82. The predicted molar refractivity (Wildman–Crippen MR) is 58.9 cm³/mol. The molecule has 0 amide bonds. The summed E-state index contributed by atoms with van der Waals surface area (Å²) in [6.07, 6.45) is 8.27. The fourth-order valence-electron chi connectivity index (χ4n) is 2.29. The molecule has 0 unspecified atom stereocenters. The summed E-state index contributed by atoms with van der Waals surface area (Å²) in [6.45, 7) is 3.94. The van der Waals surface area contributed by atoms with E-state index >= 15 is 0 Å². The molecule has 0 atom stereocenters. The van der Waals surface area contributed by atoms with E-state index in [-0.39, 0.29) is 0 Å². The molecule has 2 rings (SSSR count). The Morgan fingerprint density at radius 2 is 2.19 bits per heavy atom. The third-order valence-corrected chi connectivity index (χ3v) is 3.24. The fourth-order valence-corrected chi connectivity index (χ4v) is 2.29. The van der Waals surface area contributed by atoms with E-state index in [1.54, 1.807) is 0 Å². The first-order valence-corrected chi connectivity index (χ1v) is 6.17. The summed E-state index contributed by atoms with van der Waals surface area (Å²) >= 11 is 0. The Kier molecular flexibility index (Phi) is 4.34. The molecule has 1 aromatic rings. The maximum Gasteiger partial charge on any atom is 0.243 e. The molecule has 1 aliphatic rings. The van der Waals surface area contributed by atoms with Crippen molar-refractivity contribution in [2.45, 2.75) is 44.9 Å². The highest BCUT2D eigenvalue weighted by atomic mass is 16.5. The molecular formula is C12H19N2O2. The predicted octanol–water partition coefficient (Wildman–Crippen LogP) is 2.57. The maximum absolute atomic E-state index is 5.59. The van der Waals surface area contributed by atoms with Crippen molar-refractivity contribution < 1.29 is 9.26 Å². The Labute approximate surface area is 96.4 Å². The maximum atomic E-state index is 5.59. The highest BCUT2D eigenvalue weighted by Gasteiger charge is 2.25. The summed E-state index contributed by atoms with van der Waals surface area (Å²) in [5, 5.41) is 3.54. The van der Waals surface area contributed by atoms with Crippen LogP contribution in [0, 0.1) is 12.2 Å². The van der Waals surface area contributed by atoms with E-state index in [1.807, 2.05) is 0 Å². The summed E-state index contributed by atoms with van der Waals surface area (Å²) in [5.74, 6) is 1.92. The Morgan fingerprint density at radius 1 is 1.38 bits per heavy atom. The van der Waals surface area contributed by atoms with Gasteiger partial charge in [-0.2, -0.15) is 4.98 Å². The molecule has 89 valence electrons. The third-order valence-electron chi connectivity index (χ3n) is 3.24. The van der Waals surface area contributed by atoms with Gasteiger partial charge in [0.1, 0.15) is 0 Å². The lowest BCUT2D eigenvalue weighted by Crippen LogP contribution is -2.18. The molecule has 1 aliphatic carbocycles. The van der Waals surface area contributed by atoms with Gasteiger partial charge in [0.25, 0.3) is 0 Å². The summed E-state index contributed by atoms with van der Waals surface area (Å²) in [5.41, 5.74) is 0. The van der Waals surface area contributed by atoms with Crippen molar-refractivity contribution in [2.75, 3.05) is 13.2 Å². The van der Waals surface area contributed by atoms with Gasteiger partial charge in [-0.3, -0.25) is 0 Å². The lowest BCUT2D eigenvalue weighted by Gasteiger charge is -2.26. The number of aromatic nitrogens is 2. The van der Waals surface area contributed by atoms with Crippen molar-refractivity contribution >= 4 is 0 Å². The van der Waals surface area contributed by atoms with Gasteiger partial charge in [0.05, 0.1) is 0 Å². The topological polar surface area (TPSA) is 48.2 Å². The van der Waals surface area contributed by atoms with Crippen LogP contribution in [0.15, 0.2) is 4.52 Å². The van der Waals surface area contributed by atoms with Gasteiger partial charge in [0.2, 0.25) is 12.2 Å². The van der Waals surface area contributed by atoms with Gasteiger partial charge < -0.3 is 9.26 Å². The van der Waals surface area contributed by atoms with Gasteiger partial charge in [-0.05, 0) is 38.0 Å². The Hall–Kier alpha value is -0.900. The molecule has 0 bridgehead atoms. The van der Waals surface area contributed by atoms with Crippen molar-refractivity contribution in [3.8, 4) is 0 Å². The van der Waals surface area contributed by atoms with Crippen molar-refractivity contribution in [3.05, 3.63) is 12.2 Å². The minimum Gasteiger partial charge on any atom is -0.381 e. The van der Waals surface area contributed by atoms with Gasteiger partial charge in [0, 0.05) is 19.1 Å². The second kappa shape index (κ2) is 5.99. The minimum absolute atomic E-state index is 0.446. The molecular weight excluding hydrogens is 204 g/mol. The average molecular weight is 223 g/mol. The van der Waals surface area contributed by atoms with Crippen LogP contribution in [0.3, 0.4) is 0 Å². The average Bonchev–Trinajstić information content (AvgIpc) is 2.84. The molecule has 0 spiro atoms.